The molecule has 17 heavy (non-hydrogen) atoms. The number of hydrogen-bond acceptors (Lipinski definition) is 2. The van der Waals surface area contributed by atoms with Crippen LogP contribution in [0.3, 0.4) is 0 Å². The van der Waals surface area contributed by atoms with Crippen LogP contribution in [-0.4, -0.2) is 22.6 Å². The SMILES string of the molecule is CCC(CC)Cn1cncc1C1CCNCC1. The summed E-state index contributed by atoms with van der Waals surface area (Å²) in [6.07, 6.45) is 9.15. The summed E-state index contributed by atoms with van der Waals surface area (Å²) in [5.74, 6) is 1.51. The zero-order valence-electron chi connectivity index (χ0n) is 11.2. The van der Waals surface area contributed by atoms with Crippen molar-refractivity contribution < 1.29 is 0 Å². The topological polar surface area (TPSA) is 29.9 Å². The summed E-state index contributed by atoms with van der Waals surface area (Å²) in [5, 5.41) is 3.43. The number of piperidine rings is 1. The lowest BCUT2D eigenvalue weighted by molar-refractivity contribution is 0.387. The van der Waals surface area contributed by atoms with Crippen LogP contribution < -0.4 is 5.32 Å². The number of imidazole rings is 1. The number of rotatable bonds is 5. The van der Waals surface area contributed by atoms with Crippen LogP contribution in [-0.2, 0) is 6.54 Å². The second kappa shape index (κ2) is 6.20. The van der Waals surface area contributed by atoms with Gasteiger partial charge in [0.25, 0.3) is 0 Å². The summed E-state index contributed by atoms with van der Waals surface area (Å²) in [5.41, 5.74) is 1.46. The van der Waals surface area contributed by atoms with Gasteiger partial charge in [0.15, 0.2) is 0 Å². The van der Waals surface area contributed by atoms with Crippen LogP contribution in [0.1, 0.15) is 51.1 Å². The third-order valence-corrected chi connectivity index (χ3v) is 4.11. The summed E-state index contributed by atoms with van der Waals surface area (Å²) in [6, 6.07) is 0. The number of nitrogens with one attached hydrogen (secondary N) is 1. The van der Waals surface area contributed by atoms with Crippen LogP contribution in [0, 0.1) is 5.92 Å². The van der Waals surface area contributed by atoms with Crippen LogP contribution >= 0.6 is 0 Å². The van der Waals surface area contributed by atoms with Crippen molar-refractivity contribution >= 4 is 0 Å². The smallest absolute Gasteiger partial charge is 0.0948 e. The monoisotopic (exact) mass is 235 g/mol. The predicted molar refractivity (Wildman–Crippen MR) is 71.1 cm³/mol. The summed E-state index contributed by atoms with van der Waals surface area (Å²) >= 11 is 0. The van der Waals surface area contributed by atoms with Gasteiger partial charge in [0, 0.05) is 24.4 Å². The molecule has 1 aliphatic rings. The van der Waals surface area contributed by atoms with E-state index in [9.17, 15) is 0 Å². The lowest BCUT2D eigenvalue weighted by atomic mass is 9.94. The summed E-state index contributed by atoms with van der Waals surface area (Å²) < 4.78 is 2.40. The van der Waals surface area contributed by atoms with Crippen LogP contribution in [0.5, 0.6) is 0 Å². The van der Waals surface area contributed by atoms with Crippen molar-refractivity contribution in [2.24, 2.45) is 5.92 Å². The van der Waals surface area contributed by atoms with Gasteiger partial charge in [0.1, 0.15) is 0 Å². The molecular formula is C14H25N3. The van der Waals surface area contributed by atoms with Crippen molar-refractivity contribution in [3.05, 3.63) is 18.2 Å². The normalized spacial score (nSPS) is 17.8. The van der Waals surface area contributed by atoms with Gasteiger partial charge < -0.3 is 9.88 Å². The van der Waals surface area contributed by atoms with Crippen molar-refractivity contribution in [1.29, 1.82) is 0 Å². The van der Waals surface area contributed by atoms with Gasteiger partial charge in [-0.05, 0) is 31.8 Å². The zero-order chi connectivity index (χ0) is 12.1. The zero-order valence-corrected chi connectivity index (χ0v) is 11.2. The molecule has 0 aliphatic carbocycles. The largest absolute Gasteiger partial charge is 0.334 e. The molecule has 0 saturated carbocycles. The maximum Gasteiger partial charge on any atom is 0.0948 e. The highest BCUT2D eigenvalue weighted by Crippen LogP contribution is 2.26. The molecule has 1 aliphatic heterocycles. The van der Waals surface area contributed by atoms with E-state index in [4.69, 9.17) is 0 Å². The van der Waals surface area contributed by atoms with Gasteiger partial charge in [0.2, 0.25) is 0 Å². The minimum atomic E-state index is 0.716. The van der Waals surface area contributed by atoms with Crippen LogP contribution in [0.25, 0.3) is 0 Å². The Morgan fingerprint density at radius 1 is 1.35 bits per heavy atom. The minimum absolute atomic E-state index is 0.716. The molecule has 1 N–H and O–H groups in total. The molecule has 0 unspecified atom stereocenters. The van der Waals surface area contributed by atoms with E-state index in [1.807, 2.05) is 6.33 Å². The van der Waals surface area contributed by atoms with Gasteiger partial charge >= 0.3 is 0 Å². The standard InChI is InChI=1S/C14H25N3/c1-3-12(4-2)10-17-11-16-9-14(17)13-5-7-15-8-6-13/h9,11-13,15H,3-8,10H2,1-2H3. The Morgan fingerprint density at radius 2 is 2.06 bits per heavy atom. The molecule has 1 fully saturated rings. The van der Waals surface area contributed by atoms with Crippen LogP contribution in [0.4, 0.5) is 0 Å². The molecule has 0 atom stereocenters. The lowest BCUT2D eigenvalue weighted by Crippen LogP contribution is -2.28. The Labute approximate surface area is 105 Å². The average Bonchev–Trinajstić information content (AvgIpc) is 2.85. The van der Waals surface area contributed by atoms with Crippen molar-refractivity contribution in [2.75, 3.05) is 13.1 Å². The number of aromatic nitrogens is 2. The van der Waals surface area contributed by atoms with E-state index >= 15 is 0 Å². The van der Waals surface area contributed by atoms with E-state index < -0.39 is 0 Å². The second-order valence-corrected chi connectivity index (χ2v) is 5.18. The van der Waals surface area contributed by atoms with Crippen LogP contribution in [0.15, 0.2) is 12.5 Å². The first kappa shape index (κ1) is 12.6. The summed E-state index contributed by atoms with van der Waals surface area (Å²) in [6.45, 7) is 8.03. The second-order valence-electron chi connectivity index (χ2n) is 5.18. The third-order valence-electron chi connectivity index (χ3n) is 4.11. The Kier molecular flexibility index (Phi) is 4.60. The third kappa shape index (κ3) is 3.09. The van der Waals surface area contributed by atoms with E-state index in [1.165, 1.54) is 31.4 Å². The molecule has 0 amide bonds. The van der Waals surface area contributed by atoms with Gasteiger partial charge in [-0.25, -0.2) is 4.98 Å². The van der Waals surface area contributed by atoms with Crippen molar-refractivity contribution in [1.82, 2.24) is 14.9 Å². The maximum absolute atomic E-state index is 4.36. The van der Waals surface area contributed by atoms with E-state index in [2.05, 4.69) is 34.9 Å². The summed E-state index contributed by atoms with van der Waals surface area (Å²) in [4.78, 5) is 4.36. The van der Waals surface area contributed by atoms with Gasteiger partial charge in [-0.15, -0.1) is 0 Å². The van der Waals surface area contributed by atoms with Crippen molar-refractivity contribution in [3.8, 4) is 0 Å². The molecule has 0 spiro atoms. The number of nitrogens with zero attached hydrogens (tertiary/aromatic N) is 2. The fourth-order valence-corrected chi connectivity index (χ4v) is 2.77. The predicted octanol–water partition coefficient (Wildman–Crippen LogP) is 2.79. The Hall–Kier alpha value is -0.830. The number of hydrogen-bond donors (Lipinski definition) is 1. The molecular weight excluding hydrogens is 210 g/mol. The quantitative estimate of drug-likeness (QED) is 0.850. The van der Waals surface area contributed by atoms with E-state index in [-0.39, 0.29) is 0 Å². The van der Waals surface area contributed by atoms with Crippen molar-refractivity contribution in [3.63, 3.8) is 0 Å². The highest BCUT2D eigenvalue weighted by atomic mass is 15.1. The Bertz CT molecular complexity index is 322. The summed E-state index contributed by atoms with van der Waals surface area (Å²) in [7, 11) is 0. The highest BCUT2D eigenvalue weighted by molar-refractivity contribution is 5.08. The highest BCUT2D eigenvalue weighted by Gasteiger charge is 2.19. The van der Waals surface area contributed by atoms with E-state index in [0.717, 1.165) is 25.6 Å². The van der Waals surface area contributed by atoms with Gasteiger partial charge in [-0.1, -0.05) is 26.7 Å². The molecule has 3 nitrogen and oxygen atoms in total. The van der Waals surface area contributed by atoms with E-state index in [0.29, 0.717) is 5.92 Å². The average molecular weight is 235 g/mol. The fraction of sp³-hybridized carbons (Fsp3) is 0.786. The molecule has 0 radical (unpaired) electrons. The Balaban J connectivity index is 2.04. The van der Waals surface area contributed by atoms with Gasteiger partial charge in [-0.3, -0.25) is 0 Å². The van der Waals surface area contributed by atoms with Gasteiger partial charge in [0.05, 0.1) is 6.33 Å². The molecule has 96 valence electrons. The minimum Gasteiger partial charge on any atom is -0.334 e. The molecule has 0 bridgehead atoms. The molecule has 0 aromatic carbocycles. The molecule has 1 aromatic heterocycles. The Morgan fingerprint density at radius 3 is 2.71 bits per heavy atom. The first-order valence-electron chi connectivity index (χ1n) is 7.05. The molecule has 3 heteroatoms. The first-order valence-corrected chi connectivity index (χ1v) is 7.05. The van der Waals surface area contributed by atoms with Crippen LogP contribution in [0.2, 0.25) is 0 Å². The van der Waals surface area contributed by atoms with Crippen molar-refractivity contribution in [2.45, 2.75) is 52.0 Å². The molecule has 2 heterocycles. The first-order chi connectivity index (χ1) is 8.35. The van der Waals surface area contributed by atoms with Gasteiger partial charge in [-0.2, -0.15) is 0 Å². The van der Waals surface area contributed by atoms with E-state index in [1.54, 1.807) is 0 Å². The molecule has 1 saturated heterocycles. The molecule has 2 rings (SSSR count). The lowest BCUT2D eigenvalue weighted by Gasteiger charge is -2.25. The maximum atomic E-state index is 4.36. The molecule has 1 aromatic rings. The fourth-order valence-electron chi connectivity index (χ4n) is 2.77.